The zero-order valence-electron chi connectivity index (χ0n) is 50.3. The van der Waals surface area contributed by atoms with Gasteiger partial charge in [-0.05, 0) is 86.3 Å². The van der Waals surface area contributed by atoms with E-state index in [2.05, 4.69) is 137 Å². The number of imidazole rings is 1. The van der Waals surface area contributed by atoms with Crippen molar-refractivity contribution in [3.05, 3.63) is 232 Å². The van der Waals surface area contributed by atoms with Gasteiger partial charge in [-0.2, -0.15) is 0 Å². The van der Waals surface area contributed by atoms with E-state index in [-0.39, 0.29) is 64.5 Å². The summed E-state index contributed by atoms with van der Waals surface area (Å²) in [6.07, 6.45) is 1.97. The fraction of sp³-hybridized carbons (Fsp3) is 0.300. The van der Waals surface area contributed by atoms with Crippen molar-refractivity contribution in [3.8, 4) is 39.4 Å². The smallest absolute Gasteiger partial charge is 0.246 e. The molecule has 1 aliphatic rings. The van der Waals surface area contributed by atoms with E-state index in [1.54, 1.807) is 11.9 Å². The van der Waals surface area contributed by atoms with Crippen LogP contribution in [0.4, 0.5) is 0 Å². The molecule has 0 radical (unpaired) electrons. The van der Waals surface area contributed by atoms with Crippen LogP contribution in [0.1, 0.15) is 76.1 Å². The molecule has 9 aromatic rings. The van der Waals surface area contributed by atoms with Gasteiger partial charge in [0, 0.05) is 37.6 Å². The Balaban J connectivity index is 0.655. The summed E-state index contributed by atoms with van der Waals surface area (Å²) in [4.78, 5) is 35.9. The standard InChI is InChI=1S/C70H74ClN9O9/c1-4-5-23-64-75-67(71)63(44-74-66(82)48-88-47-65(81)72-36-38-85-40-42-87-43-41-86-39-37-73-69(83)89-46-62-59-20-12-10-18-57(59)58-19-11-13-21-60(58)62)79(64)45-50-26-28-51(29-27-50)56-17-9-14-22-61(56)68-76-78-80(77-68)70(52-15-7-6-8-16-52,53-30-24-49(2)25-31-53)54-32-34-55(84-3)35-33-54/h6-22,24-35,62H,4-5,23,36-48H2,1-3H3,(H,72,81)(H,73,83)(H,74,82)/p-1. The topological polar surface area (TPSA) is 210 Å². The van der Waals surface area contributed by atoms with E-state index in [0.29, 0.717) is 56.1 Å². The number of ether oxygens (including phenoxy) is 6. The highest BCUT2D eigenvalue weighted by Crippen LogP contribution is 2.45. The normalized spacial score (nSPS) is 12.7. The number of methoxy groups -OCH3 is 1. The third-order valence-corrected chi connectivity index (χ3v) is 15.9. The number of amides is 2. The Morgan fingerprint density at radius 2 is 1.25 bits per heavy atom. The second-order valence-corrected chi connectivity index (χ2v) is 21.8. The van der Waals surface area contributed by atoms with E-state index in [1.807, 2.05) is 72.8 Å². The van der Waals surface area contributed by atoms with Crippen LogP contribution in [-0.4, -0.2) is 127 Å². The van der Waals surface area contributed by atoms with Crippen molar-refractivity contribution in [1.29, 1.82) is 0 Å². The molecule has 2 aromatic heterocycles. The second-order valence-electron chi connectivity index (χ2n) is 21.4. The first-order valence-corrected chi connectivity index (χ1v) is 30.4. The number of aryl methyl sites for hydroxylation is 2. The van der Waals surface area contributed by atoms with E-state index >= 15 is 0 Å². The summed E-state index contributed by atoms with van der Waals surface area (Å²) >= 11 is 6.80. The van der Waals surface area contributed by atoms with Crippen LogP contribution >= 0.6 is 11.6 Å². The molecule has 0 aliphatic heterocycles. The summed E-state index contributed by atoms with van der Waals surface area (Å²) < 4.78 is 35.3. The molecule has 7 aromatic carbocycles. The highest BCUT2D eigenvalue weighted by atomic mass is 35.5. The van der Waals surface area contributed by atoms with Gasteiger partial charge in [-0.15, -0.1) is 15.0 Å². The Morgan fingerprint density at radius 3 is 1.91 bits per heavy atom. The van der Waals surface area contributed by atoms with Gasteiger partial charge in [0.25, 0.3) is 0 Å². The number of carbonyl (C=O) groups excluding carboxylic acids is 2. The predicted molar refractivity (Wildman–Crippen MR) is 340 cm³/mol. The van der Waals surface area contributed by atoms with Crippen LogP contribution in [0.3, 0.4) is 0 Å². The molecule has 89 heavy (non-hydrogen) atoms. The largest absolute Gasteiger partial charge is 0.599 e. The van der Waals surface area contributed by atoms with Crippen LogP contribution in [0.5, 0.6) is 5.75 Å². The van der Waals surface area contributed by atoms with Gasteiger partial charge in [0.2, 0.25) is 17.6 Å². The molecular formula is C70H73ClN9O9-. The Labute approximate surface area is 523 Å². The van der Waals surface area contributed by atoms with Crippen LogP contribution < -0.4 is 20.5 Å². The lowest BCUT2D eigenvalue weighted by molar-refractivity contribution is -0.251. The average molecular weight is 1220 g/mol. The number of hydrogen-bond donors (Lipinski definition) is 2. The Morgan fingerprint density at radius 1 is 0.663 bits per heavy atom. The number of benzene rings is 7. The fourth-order valence-electron chi connectivity index (χ4n) is 11.1. The van der Waals surface area contributed by atoms with Crippen molar-refractivity contribution in [3.63, 3.8) is 0 Å². The molecule has 460 valence electrons. The van der Waals surface area contributed by atoms with Crippen molar-refractivity contribution < 1.29 is 43.1 Å². The minimum absolute atomic E-state index is 0.0213. The second kappa shape index (κ2) is 31.2. The minimum Gasteiger partial charge on any atom is -0.599 e. The van der Waals surface area contributed by atoms with Gasteiger partial charge in [0.15, 0.2) is 10.7 Å². The van der Waals surface area contributed by atoms with E-state index in [4.69, 9.17) is 60.4 Å². The molecule has 0 bridgehead atoms. The van der Waals surface area contributed by atoms with Gasteiger partial charge in [0.1, 0.15) is 30.9 Å². The maximum atomic E-state index is 13.0. The number of nitrogens with zero attached hydrogens (tertiary/aromatic N) is 7. The summed E-state index contributed by atoms with van der Waals surface area (Å²) in [6.45, 7) is 6.62. The Kier molecular flexibility index (Phi) is 22.1. The molecule has 0 saturated carbocycles. The molecule has 2 N–H and O–H groups in total. The number of fused-ring (bicyclic) bond motifs is 3. The van der Waals surface area contributed by atoms with Crippen molar-refractivity contribution >= 4 is 29.5 Å². The molecule has 2 amide bonds. The summed E-state index contributed by atoms with van der Waals surface area (Å²) in [7, 11) is 1.66. The van der Waals surface area contributed by atoms with Crippen LogP contribution in [0, 0.1) is 6.92 Å². The molecule has 0 spiro atoms. The summed E-state index contributed by atoms with van der Waals surface area (Å²) in [5, 5.41) is 33.1. The summed E-state index contributed by atoms with van der Waals surface area (Å²) in [5.41, 5.74) is 12.0. The molecule has 1 atom stereocenters. The van der Waals surface area contributed by atoms with Gasteiger partial charge in [-0.3, -0.25) is 14.6 Å². The first-order chi connectivity index (χ1) is 43.6. The van der Waals surface area contributed by atoms with Crippen molar-refractivity contribution in [1.82, 2.24) is 40.4 Å². The number of aliphatic imine (C=N–C) groups is 1. The van der Waals surface area contributed by atoms with E-state index < -0.39 is 17.5 Å². The quantitative estimate of drug-likeness (QED) is 0.0174. The van der Waals surface area contributed by atoms with E-state index in [1.165, 1.54) is 11.1 Å². The number of hydrogen-bond acceptors (Lipinski definition) is 14. The lowest BCUT2D eigenvalue weighted by atomic mass is 9.77. The van der Waals surface area contributed by atoms with Gasteiger partial charge in [0.05, 0.1) is 65.5 Å². The number of rotatable bonds is 32. The molecule has 0 fully saturated rings. The summed E-state index contributed by atoms with van der Waals surface area (Å²) in [5.74, 6) is 1.21. The highest BCUT2D eigenvalue weighted by Gasteiger charge is 2.42. The number of nitrogens with one attached hydrogen (secondary N) is 2. The zero-order valence-corrected chi connectivity index (χ0v) is 51.1. The van der Waals surface area contributed by atoms with Crippen LogP contribution in [0.25, 0.3) is 33.6 Å². The van der Waals surface area contributed by atoms with Gasteiger partial charge in [-0.25, -0.2) is 4.98 Å². The predicted octanol–water partition coefficient (Wildman–Crippen LogP) is 9.75. The number of halogens is 1. The monoisotopic (exact) mass is 1220 g/mol. The lowest BCUT2D eigenvalue weighted by Crippen LogP contribution is -2.39. The van der Waals surface area contributed by atoms with Crippen molar-refractivity contribution in [2.45, 2.75) is 57.7 Å². The molecule has 19 heteroatoms. The van der Waals surface area contributed by atoms with Crippen molar-refractivity contribution in [2.75, 3.05) is 79.7 Å². The molecule has 18 nitrogen and oxygen atoms in total. The first-order valence-electron chi connectivity index (χ1n) is 30.0. The third kappa shape index (κ3) is 15.6. The van der Waals surface area contributed by atoms with E-state index in [9.17, 15) is 14.7 Å². The maximum Gasteiger partial charge on any atom is 0.246 e. The molecular weight excluding hydrogens is 1150 g/mol. The van der Waals surface area contributed by atoms with Crippen molar-refractivity contribution in [2.24, 2.45) is 4.99 Å². The maximum absolute atomic E-state index is 13.0. The highest BCUT2D eigenvalue weighted by molar-refractivity contribution is 6.30. The van der Waals surface area contributed by atoms with Gasteiger partial charge < -0.3 is 48.7 Å². The number of carbonyl (C=O) groups is 2. The van der Waals surface area contributed by atoms with Gasteiger partial charge in [-0.1, -0.05) is 194 Å². The lowest BCUT2D eigenvalue weighted by Gasteiger charge is -2.34. The van der Waals surface area contributed by atoms with Crippen LogP contribution in [0.15, 0.2) is 181 Å². The first kappa shape index (κ1) is 63.0. The summed E-state index contributed by atoms with van der Waals surface area (Å²) in [6, 6.07) is 59.4. The minimum atomic E-state index is -0.985. The molecule has 1 unspecified atom stereocenters. The van der Waals surface area contributed by atoms with Crippen LogP contribution in [0.2, 0.25) is 5.15 Å². The number of unbranched alkanes of at least 4 members (excludes halogenated alkanes) is 1. The Bertz CT molecular complexity index is 3740. The van der Waals surface area contributed by atoms with Crippen LogP contribution in [-0.2, 0) is 58.3 Å². The molecule has 0 saturated heterocycles. The Hall–Kier alpha value is -9.04. The fourth-order valence-corrected chi connectivity index (χ4v) is 11.3. The third-order valence-electron chi connectivity index (χ3n) is 15.6. The molecule has 10 rings (SSSR count). The zero-order chi connectivity index (χ0) is 61.8. The number of tetrazole rings is 1. The SMILES string of the molecule is CCCCc1nc(Cl)c(CNC(=O)COCC(=O)NCCOCCOCCOCCN=C([O-])OCC2c3ccccc3-c3ccccc32)n1Cc1ccc(-c2ccccc2-c2nnn(C(c3ccccc3)(c3ccc(C)cc3)c3ccc(OC)cc3)n2)cc1. The molecule has 2 heterocycles. The average Bonchev–Trinajstić information content (AvgIpc) is 2.07. The van der Waals surface area contributed by atoms with E-state index in [0.717, 1.165) is 80.1 Å². The number of aromatic nitrogens is 6. The van der Waals surface area contributed by atoms with Gasteiger partial charge >= 0.3 is 0 Å². The molecule has 1 aliphatic carbocycles.